The number of benzene rings is 3. The number of carbonyl (C=O) groups excluding carboxylic acids is 1. The number of halogens is 1. The third kappa shape index (κ3) is 6.09. The summed E-state index contributed by atoms with van der Waals surface area (Å²) < 4.78 is 33.7. The van der Waals surface area contributed by atoms with Crippen molar-refractivity contribution in [3.8, 4) is 5.75 Å². The van der Waals surface area contributed by atoms with E-state index in [1.54, 1.807) is 12.1 Å². The first kappa shape index (κ1) is 23.8. The molecule has 0 saturated heterocycles. The molecule has 0 aromatic heterocycles. The van der Waals surface area contributed by atoms with Gasteiger partial charge >= 0.3 is 0 Å². The first-order chi connectivity index (χ1) is 15.3. The fraction of sp³-hybridized carbons (Fsp3) is 0.208. The Morgan fingerprint density at radius 2 is 1.69 bits per heavy atom. The van der Waals surface area contributed by atoms with Gasteiger partial charge in [0.2, 0.25) is 15.9 Å². The van der Waals surface area contributed by atoms with Crippen molar-refractivity contribution in [2.24, 2.45) is 0 Å². The van der Waals surface area contributed by atoms with Gasteiger partial charge in [0.25, 0.3) is 0 Å². The van der Waals surface area contributed by atoms with Crippen LogP contribution in [0.5, 0.6) is 5.75 Å². The minimum atomic E-state index is -4.03. The van der Waals surface area contributed by atoms with E-state index in [1.165, 1.54) is 25.3 Å². The molecule has 0 bridgehead atoms. The molecule has 3 aromatic rings. The highest BCUT2D eigenvalue weighted by Gasteiger charge is 2.27. The number of anilines is 1. The van der Waals surface area contributed by atoms with Crippen LogP contribution in [-0.4, -0.2) is 27.5 Å². The number of methoxy groups -OCH3 is 1. The third-order valence-corrected chi connectivity index (χ3v) is 6.72. The zero-order valence-corrected chi connectivity index (χ0v) is 19.4. The molecule has 3 aromatic carbocycles. The predicted molar refractivity (Wildman–Crippen MR) is 127 cm³/mol. The zero-order chi connectivity index (χ0) is 23.1. The summed E-state index contributed by atoms with van der Waals surface area (Å²) in [6.45, 7) is 2.05. The second-order valence-electron chi connectivity index (χ2n) is 7.20. The second-order valence-corrected chi connectivity index (χ2v) is 9.32. The van der Waals surface area contributed by atoms with Crippen molar-refractivity contribution in [3.63, 3.8) is 0 Å². The van der Waals surface area contributed by atoms with E-state index in [4.69, 9.17) is 16.3 Å². The largest absolute Gasteiger partial charge is 0.495 e. The lowest BCUT2D eigenvalue weighted by Crippen LogP contribution is -2.45. The van der Waals surface area contributed by atoms with Crippen molar-refractivity contribution in [1.29, 1.82) is 0 Å². The molecule has 0 aliphatic carbocycles. The number of sulfonamides is 1. The Bertz CT molecular complexity index is 1170. The maximum atomic E-state index is 13.1. The summed E-state index contributed by atoms with van der Waals surface area (Å²) in [5.41, 5.74) is 2.56. The van der Waals surface area contributed by atoms with Crippen LogP contribution in [0.15, 0.2) is 77.7 Å². The highest BCUT2D eigenvalue weighted by molar-refractivity contribution is 7.89. The molecule has 32 heavy (non-hydrogen) atoms. The van der Waals surface area contributed by atoms with Gasteiger partial charge in [-0.1, -0.05) is 61.0 Å². The van der Waals surface area contributed by atoms with E-state index in [0.717, 1.165) is 17.5 Å². The molecule has 0 aliphatic heterocycles. The molecule has 0 aliphatic rings. The van der Waals surface area contributed by atoms with Gasteiger partial charge < -0.3 is 10.1 Å². The van der Waals surface area contributed by atoms with E-state index < -0.39 is 22.0 Å². The summed E-state index contributed by atoms with van der Waals surface area (Å²) >= 11 is 6.10. The van der Waals surface area contributed by atoms with Gasteiger partial charge in [-0.25, -0.2) is 8.42 Å². The maximum absolute atomic E-state index is 13.1. The van der Waals surface area contributed by atoms with Gasteiger partial charge in [0.15, 0.2) is 0 Å². The quantitative estimate of drug-likeness (QED) is 0.482. The number of carbonyl (C=O) groups is 1. The Kier molecular flexibility index (Phi) is 7.90. The third-order valence-electron chi connectivity index (χ3n) is 4.96. The van der Waals surface area contributed by atoms with Crippen LogP contribution >= 0.6 is 11.6 Å². The van der Waals surface area contributed by atoms with E-state index in [9.17, 15) is 13.2 Å². The lowest BCUT2D eigenvalue weighted by atomic mass is 10.1. The minimum Gasteiger partial charge on any atom is -0.495 e. The molecule has 3 rings (SSSR count). The van der Waals surface area contributed by atoms with E-state index in [0.29, 0.717) is 11.4 Å². The normalized spacial score (nSPS) is 12.2. The molecular formula is C24H25ClN2O4S. The van der Waals surface area contributed by atoms with Crippen LogP contribution in [0.3, 0.4) is 0 Å². The lowest BCUT2D eigenvalue weighted by Gasteiger charge is -2.19. The number of aryl methyl sites for hydroxylation is 1. The van der Waals surface area contributed by atoms with Crippen molar-refractivity contribution >= 4 is 33.2 Å². The van der Waals surface area contributed by atoms with E-state index >= 15 is 0 Å². The Labute approximate surface area is 193 Å². The smallest absolute Gasteiger partial charge is 0.242 e. The van der Waals surface area contributed by atoms with Crippen molar-refractivity contribution in [1.82, 2.24) is 4.72 Å². The van der Waals surface area contributed by atoms with Crippen molar-refractivity contribution in [3.05, 3.63) is 88.9 Å². The van der Waals surface area contributed by atoms with Gasteiger partial charge in [-0.05, 0) is 54.3 Å². The van der Waals surface area contributed by atoms with Crippen LogP contribution in [-0.2, 0) is 27.7 Å². The first-order valence-electron chi connectivity index (χ1n) is 10.1. The monoisotopic (exact) mass is 472 g/mol. The van der Waals surface area contributed by atoms with Gasteiger partial charge in [0.05, 0.1) is 17.0 Å². The molecule has 168 valence electrons. The van der Waals surface area contributed by atoms with Crippen LogP contribution < -0.4 is 14.8 Å². The Morgan fingerprint density at radius 1 is 1.00 bits per heavy atom. The van der Waals surface area contributed by atoms with Gasteiger partial charge in [-0.15, -0.1) is 0 Å². The van der Waals surface area contributed by atoms with Crippen LogP contribution in [0, 0.1) is 0 Å². The SMILES string of the molecule is CCc1ccc(NC(=O)C(Cc2ccccc2)NS(=O)(=O)c2ccc(OC)c(Cl)c2)cc1. The summed E-state index contributed by atoms with van der Waals surface area (Å²) in [5, 5.41) is 2.97. The highest BCUT2D eigenvalue weighted by atomic mass is 35.5. The van der Waals surface area contributed by atoms with Crippen molar-refractivity contribution < 1.29 is 17.9 Å². The highest BCUT2D eigenvalue weighted by Crippen LogP contribution is 2.27. The van der Waals surface area contributed by atoms with Gasteiger partial charge in [0.1, 0.15) is 11.8 Å². The maximum Gasteiger partial charge on any atom is 0.242 e. The number of ether oxygens (including phenoxy) is 1. The van der Waals surface area contributed by atoms with Gasteiger partial charge in [-0.3, -0.25) is 4.79 Å². The Hall–Kier alpha value is -2.87. The summed E-state index contributed by atoms with van der Waals surface area (Å²) in [6.07, 6.45) is 1.07. The summed E-state index contributed by atoms with van der Waals surface area (Å²) in [4.78, 5) is 13.0. The van der Waals surface area contributed by atoms with Crippen LogP contribution in [0.25, 0.3) is 0 Å². The molecule has 2 N–H and O–H groups in total. The van der Waals surface area contributed by atoms with Crippen LogP contribution in [0.2, 0.25) is 5.02 Å². The zero-order valence-electron chi connectivity index (χ0n) is 17.8. The summed E-state index contributed by atoms with van der Waals surface area (Å²) in [6, 6.07) is 19.8. The number of amides is 1. The Morgan fingerprint density at radius 3 is 2.28 bits per heavy atom. The fourth-order valence-corrected chi connectivity index (χ4v) is 4.70. The number of rotatable bonds is 9. The van der Waals surface area contributed by atoms with E-state index in [2.05, 4.69) is 10.0 Å². The number of hydrogen-bond donors (Lipinski definition) is 2. The molecule has 0 spiro atoms. The molecule has 1 unspecified atom stereocenters. The first-order valence-corrected chi connectivity index (χ1v) is 12.0. The number of hydrogen-bond acceptors (Lipinski definition) is 4. The molecule has 0 heterocycles. The molecule has 0 fully saturated rings. The average Bonchev–Trinajstić information content (AvgIpc) is 2.79. The number of nitrogens with one attached hydrogen (secondary N) is 2. The minimum absolute atomic E-state index is 0.0542. The molecule has 1 atom stereocenters. The molecule has 0 saturated carbocycles. The second kappa shape index (κ2) is 10.6. The molecule has 1 amide bonds. The fourth-order valence-electron chi connectivity index (χ4n) is 3.16. The molecule has 6 nitrogen and oxygen atoms in total. The molecule has 0 radical (unpaired) electrons. The predicted octanol–water partition coefficient (Wildman–Crippen LogP) is 4.44. The van der Waals surface area contributed by atoms with E-state index in [-0.39, 0.29) is 16.3 Å². The molecule has 8 heteroatoms. The Balaban J connectivity index is 1.86. The molecular weight excluding hydrogens is 448 g/mol. The van der Waals surface area contributed by atoms with E-state index in [1.807, 2.05) is 49.4 Å². The summed E-state index contributed by atoms with van der Waals surface area (Å²) in [7, 11) is -2.58. The average molecular weight is 473 g/mol. The summed E-state index contributed by atoms with van der Waals surface area (Å²) in [5.74, 6) is -0.0963. The van der Waals surface area contributed by atoms with Gasteiger partial charge in [-0.2, -0.15) is 4.72 Å². The van der Waals surface area contributed by atoms with Crippen molar-refractivity contribution in [2.45, 2.75) is 30.7 Å². The topological polar surface area (TPSA) is 84.5 Å². The van der Waals surface area contributed by atoms with Gasteiger partial charge in [0, 0.05) is 5.69 Å². The van der Waals surface area contributed by atoms with Crippen LogP contribution in [0.1, 0.15) is 18.1 Å². The standard InChI is InChI=1S/C24H25ClN2O4S/c1-3-17-9-11-19(12-10-17)26-24(28)22(15-18-7-5-4-6-8-18)27-32(29,30)20-13-14-23(31-2)21(25)16-20/h4-14,16,22,27H,3,15H2,1-2H3,(H,26,28). The van der Waals surface area contributed by atoms with Crippen molar-refractivity contribution in [2.75, 3.05) is 12.4 Å². The lowest BCUT2D eigenvalue weighted by molar-refractivity contribution is -0.117. The van der Waals surface area contributed by atoms with Crippen LogP contribution in [0.4, 0.5) is 5.69 Å².